The van der Waals surface area contributed by atoms with Crippen LogP contribution in [0.15, 0.2) is 24.3 Å². The number of hydrogen-bond acceptors (Lipinski definition) is 4. The normalized spacial score (nSPS) is 11.4. The number of aryl methyl sites for hydroxylation is 1. The minimum atomic E-state index is -0.150. The Bertz CT molecular complexity index is 838. The van der Waals surface area contributed by atoms with Crippen LogP contribution in [-0.2, 0) is 12.8 Å². The van der Waals surface area contributed by atoms with Gasteiger partial charge in [0.05, 0.1) is 11.0 Å². The fraction of sp³-hybridized carbons (Fsp3) is 0.389. The van der Waals surface area contributed by atoms with Gasteiger partial charge in [0, 0.05) is 17.8 Å². The molecule has 3 aromatic rings. The van der Waals surface area contributed by atoms with Gasteiger partial charge in [0.15, 0.2) is 4.47 Å². The zero-order valence-corrected chi connectivity index (χ0v) is 15.9. The van der Waals surface area contributed by atoms with Gasteiger partial charge in [0.25, 0.3) is 5.91 Å². The van der Waals surface area contributed by atoms with Gasteiger partial charge in [0.1, 0.15) is 11.5 Å². The second-order valence-corrected chi connectivity index (χ2v) is 8.06. The number of halogens is 1. The van der Waals surface area contributed by atoms with Crippen molar-refractivity contribution in [1.29, 1.82) is 0 Å². The van der Waals surface area contributed by atoms with Crippen LogP contribution >= 0.6 is 22.9 Å². The number of aromatic amines is 1. The van der Waals surface area contributed by atoms with Gasteiger partial charge in [-0.15, -0.1) is 11.3 Å². The number of hydrogen-bond donors (Lipinski definition) is 2. The van der Waals surface area contributed by atoms with E-state index in [4.69, 9.17) is 11.6 Å². The summed E-state index contributed by atoms with van der Waals surface area (Å²) in [6.45, 7) is 4.80. The van der Waals surface area contributed by atoms with Crippen molar-refractivity contribution < 1.29 is 4.79 Å². The molecule has 1 aromatic carbocycles. The number of nitrogens with one attached hydrogen (secondary N) is 2. The smallest absolute Gasteiger partial charge is 0.271 e. The van der Waals surface area contributed by atoms with E-state index in [-0.39, 0.29) is 5.91 Å². The van der Waals surface area contributed by atoms with Crippen molar-refractivity contribution in [3.8, 4) is 0 Å². The molecule has 0 radical (unpaired) electrons. The minimum Gasteiger partial charge on any atom is -0.351 e. The number of H-pyrrole nitrogens is 1. The molecule has 0 saturated heterocycles. The molecule has 3 rings (SSSR count). The summed E-state index contributed by atoms with van der Waals surface area (Å²) in [4.78, 5) is 25.3. The van der Waals surface area contributed by atoms with E-state index in [1.807, 2.05) is 24.3 Å². The number of fused-ring (bicyclic) bond motifs is 1. The Kier molecular flexibility index (Phi) is 5.71. The van der Waals surface area contributed by atoms with E-state index in [0.29, 0.717) is 22.6 Å². The lowest BCUT2D eigenvalue weighted by atomic mass is 10.1. The lowest BCUT2D eigenvalue weighted by Crippen LogP contribution is -2.26. The second-order valence-electron chi connectivity index (χ2n) is 6.40. The molecule has 0 aliphatic rings. The zero-order chi connectivity index (χ0) is 17.8. The third kappa shape index (κ3) is 4.58. The highest BCUT2D eigenvalue weighted by Gasteiger charge is 2.18. The first-order chi connectivity index (χ1) is 12.0. The lowest BCUT2D eigenvalue weighted by Gasteiger charge is -2.06. The van der Waals surface area contributed by atoms with Crippen LogP contribution in [0.1, 0.15) is 41.5 Å². The van der Waals surface area contributed by atoms with Gasteiger partial charge in [-0.3, -0.25) is 4.79 Å². The number of carbonyl (C=O) groups excluding carboxylic acids is 1. The first kappa shape index (κ1) is 17.9. The van der Waals surface area contributed by atoms with Crippen LogP contribution in [0.25, 0.3) is 11.0 Å². The fourth-order valence-corrected chi connectivity index (χ4v) is 4.03. The van der Waals surface area contributed by atoms with Crippen LogP contribution < -0.4 is 5.32 Å². The van der Waals surface area contributed by atoms with Crippen molar-refractivity contribution in [3.63, 3.8) is 0 Å². The molecule has 0 aliphatic carbocycles. The summed E-state index contributed by atoms with van der Waals surface area (Å²) < 4.78 is 0.420. The molecular weight excluding hydrogens is 356 g/mol. The molecule has 0 aliphatic heterocycles. The summed E-state index contributed by atoms with van der Waals surface area (Å²) in [6, 6.07) is 7.95. The summed E-state index contributed by atoms with van der Waals surface area (Å²) >= 11 is 7.38. The predicted molar refractivity (Wildman–Crippen MR) is 102 cm³/mol. The topological polar surface area (TPSA) is 70.7 Å². The minimum absolute atomic E-state index is 0.150. The maximum absolute atomic E-state index is 12.4. The Labute approximate surface area is 155 Å². The van der Waals surface area contributed by atoms with E-state index < -0.39 is 0 Å². The van der Waals surface area contributed by atoms with E-state index in [1.165, 1.54) is 11.3 Å². The monoisotopic (exact) mass is 376 g/mol. The van der Waals surface area contributed by atoms with E-state index in [1.54, 1.807) is 0 Å². The second kappa shape index (κ2) is 7.97. The van der Waals surface area contributed by atoms with Crippen LogP contribution in [-0.4, -0.2) is 27.4 Å². The molecule has 1 amide bonds. The molecular formula is C18H21ClN4OS. The molecule has 0 saturated carbocycles. The number of benzene rings is 1. The van der Waals surface area contributed by atoms with Crippen molar-refractivity contribution in [1.82, 2.24) is 20.3 Å². The Morgan fingerprint density at radius 2 is 2.12 bits per heavy atom. The van der Waals surface area contributed by atoms with E-state index in [2.05, 4.69) is 34.1 Å². The standard InChI is InChI=1S/C18H21ClN4OS/c1-11(2)10-14-16(23-18(19)25-14)17(24)20-9-5-8-15-21-12-6-3-4-7-13(12)22-15/h3-4,6-7,11H,5,8-10H2,1-2H3,(H,20,24)(H,21,22). The predicted octanol–water partition coefficient (Wildman–Crippen LogP) is 4.23. The number of carbonyl (C=O) groups is 1. The lowest BCUT2D eigenvalue weighted by molar-refractivity contribution is 0.0948. The highest BCUT2D eigenvalue weighted by atomic mass is 35.5. The summed E-state index contributed by atoms with van der Waals surface area (Å²) in [5, 5.41) is 2.93. The maximum Gasteiger partial charge on any atom is 0.271 e. The summed E-state index contributed by atoms with van der Waals surface area (Å²) in [6.07, 6.45) is 2.40. The van der Waals surface area contributed by atoms with Gasteiger partial charge in [-0.1, -0.05) is 37.6 Å². The molecule has 0 bridgehead atoms. The Balaban J connectivity index is 1.52. The quantitative estimate of drug-likeness (QED) is 0.606. The van der Waals surface area contributed by atoms with E-state index in [0.717, 1.165) is 41.0 Å². The van der Waals surface area contributed by atoms with E-state index >= 15 is 0 Å². The third-order valence-corrected chi connectivity index (χ3v) is 4.98. The number of amides is 1. The first-order valence-electron chi connectivity index (χ1n) is 8.40. The molecule has 132 valence electrons. The van der Waals surface area contributed by atoms with Gasteiger partial charge < -0.3 is 10.3 Å². The van der Waals surface area contributed by atoms with Crippen LogP contribution in [0, 0.1) is 5.92 Å². The number of rotatable bonds is 7. The summed E-state index contributed by atoms with van der Waals surface area (Å²) in [5.74, 6) is 1.24. The van der Waals surface area contributed by atoms with Gasteiger partial charge >= 0.3 is 0 Å². The molecule has 2 heterocycles. The largest absolute Gasteiger partial charge is 0.351 e. The zero-order valence-electron chi connectivity index (χ0n) is 14.3. The molecule has 25 heavy (non-hydrogen) atoms. The number of imidazole rings is 1. The van der Waals surface area contributed by atoms with Crippen molar-refractivity contribution in [2.45, 2.75) is 33.1 Å². The molecule has 0 unspecified atom stereocenters. The Hall–Kier alpha value is -1.92. The fourth-order valence-electron chi connectivity index (χ4n) is 2.68. The molecule has 7 heteroatoms. The summed E-state index contributed by atoms with van der Waals surface area (Å²) in [7, 11) is 0. The summed E-state index contributed by atoms with van der Waals surface area (Å²) in [5.41, 5.74) is 2.47. The van der Waals surface area contributed by atoms with Crippen molar-refractivity contribution in [3.05, 3.63) is 45.1 Å². The van der Waals surface area contributed by atoms with Crippen LogP contribution in [0.3, 0.4) is 0 Å². The van der Waals surface area contributed by atoms with Crippen molar-refractivity contribution in [2.24, 2.45) is 5.92 Å². The van der Waals surface area contributed by atoms with Gasteiger partial charge in [-0.05, 0) is 30.9 Å². The van der Waals surface area contributed by atoms with Gasteiger partial charge in [-0.2, -0.15) is 0 Å². The van der Waals surface area contributed by atoms with Crippen molar-refractivity contribution >= 4 is 39.9 Å². The molecule has 5 nitrogen and oxygen atoms in total. The van der Waals surface area contributed by atoms with Crippen molar-refractivity contribution in [2.75, 3.05) is 6.54 Å². The Morgan fingerprint density at radius 3 is 2.88 bits per heavy atom. The molecule has 0 fully saturated rings. The van der Waals surface area contributed by atoms with E-state index in [9.17, 15) is 4.79 Å². The Morgan fingerprint density at radius 1 is 1.32 bits per heavy atom. The number of nitrogens with zero attached hydrogens (tertiary/aromatic N) is 2. The SMILES string of the molecule is CC(C)Cc1sc(Cl)nc1C(=O)NCCCc1nc2ccccc2[nH]1. The highest BCUT2D eigenvalue weighted by molar-refractivity contribution is 7.16. The van der Waals surface area contributed by atoms with Crippen LogP contribution in [0.2, 0.25) is 4.47 Å². The van der Waals surface area contributed by atoms with Crippen LogP contribution in [0.5, 0.6) is 0 Å². The van der Waals surface area contributed by atoms with Gasteiger partial charge in [-0.25, -0.2) is 9.97 Å². The molecule has 0 atom stereocenters. The van der Waals surface area contributed by atoms with Crippen LogP contribution in [0.4, 0.5) is 0 Å². The number of para-hydroxylation sites is 2. The molecule has 2 N–H and O–H groups in total. The third-order valence-electron chi connectivity index (χ3n) is 3.79. The average Bonchev–Trinajstić information content (AvgIpc) is 3.13. The molecule has 0 spiro atoms. The number of aromatic nitrogens is 3. The molecule has 2 aromatic heterocycles. The first-order valence-corrected chi connectivity index (χ1v) is 9.59. The van der Waals surface area contributed by atoms with Gasteiger partial charge in [0.2, 0.25) is 0 Å². The number of thiazole rings is 1. The highest BCUT2D eigenvalue weighted by Crippen LogP contribution is 2.25. The maximum atomic E-state index is 12.4. The average molecular weight is 377 g/mol.